The molecule has 1 aromatic rings. The first-order valence-corrected chi connectivity index (χ1v) is 12.8. The molecule has 1 amide bonds. The van der Waals surface area contributed by atoms with Crippen LogP contribution in [0.25, 0.3) is 0 Å². The van der Waals surface area contributed by atoms with E-state index in [0.29, 0.717) is 24.6 Å². The van der Waals surface area contributed by atoms with Crippen molar-refractivity contribution < 1.29 is 13.2 Å². The number of carbonyl (C=O) groups excluding carboxylic acids is 1. The zero-order valence-electron chi connectivity index (χ0n) is 17.9. The van der Waals surface area contributed by atoms with E-state index in [9.17, 15) is 13.2 Å². The minimum Gasteiger partial charge on any atom is -0.349 e. The third-order valence-corrected chi connectivity index (χ3v) is 9.03. The Morgan fingerprint density at radius 1 is 1.24 bits per heavy atom. The lowest BCUT2D eigenvalue weighted by molar-refractivity contribution is 0.0717. The van der Waals surface area contributed by atoms with Gasteiger partial charge in [0, 0.05) is 23.7 Å². The molecule has 1 N–H and O–H groups in total. The standard InChI is InChI=1S/C21H34N4O3S/c1-15-6-9-21(10-7-15,24(2)3)14-22-20(26)18-12-19(16-4-5-16)25(23-18)17-8-11-29(27,28)13-17/h12,15-17H,4-11,13-14H2,1-3H3,(H,22,26). The largest absolute Gasteiger partial charge is 0.349 e. The number of sulfone groups is 1. The monoisotopic (exact) mass is 422 g/mol. The van der Waals surface area contributed by atoms with Gasteiger partial charge in [0.05, 0.1) is 17.5 Å². The van der Waals surface area contributed by atoms with Gasteiger partial charge in [-0.15, -0.1) is 0 Å². The van der Waals surface area contributed by atoms with Gasteiger partial charge in [0.2, 0.25) is 0 Å². The zero-order valence-corrected chi connectivity index (χ0v) is 18.7. The summed E-state index contributed by atoms with van der Waals surface area (Å²) in [4.78, 5) is 15.2. The van der Waals surface area contributed by atoms with Gasteiger partial charge in [0.15, 0.2) is 9.84 Å². The first kappa shape index (κ1) is 20.8. The van der Waals surface area contributed by atoms with Crippen LogP contribution in [0, 0.1) is 5.92 Å². The summed E-state index contributed by atoms with van der Waals surface area (Å²) in [6.45, 7) is 2.92. The average Bonchev–Trinajstić information content (AvgIpc) is 3.32. The molecule has 3 fully saturated rings. The van der Waals surface area contributed by atoms with Crippen molar-refractivity contribution in [1.82, 2.24) is 20.0 Å². The summed E-state index contributed by atoms with van der Waals surface area (Å²) in [6.07, 6.45) is 7.32. The number of aromatic nitrogens is 2. The number of nitrogens with zero attached hydrogens (tertiary/aromatic N) is 3. The lowest BCUT2D eigenvalue weighted by Crippen LogP contribution is -2.54. The Morgan fingerprint density at radius 2 is 1.93 bits per heavy atom. The quantitative estimate of drug-likeness (QED) is 0.761. The number of rotatable bonds is 6. The normalized spacial score (nSPS) is 31.9. The highest BCUT2D eigenvalue weighted by molar-refractivity contribution is 7.91. The molecule has 2 saturated carbocycles. The first-order chi connectivity index (χ1) is 13.7. The van der Waals surface area contributed by atoms with Crippen LogP contribution in [0.1, 0.15) is 80.0 Å². The highest BCUT2D eigenvalue weighted by atomic mass is 32.2. The Kier molecular flexibility index (Phi) is 5.53. The first-order valence-electron chi connectivity index (χ1n) is 10.9. The fourth-order valence-electron chi connectivity index (χ4n) is 4.88. The van der Waals surface area contributed by atoms with Gasteiger partial charge in [-0.2, -0.15) is 5.10 Å². The van der Waals surface area contributed by atoms with E-state index in [1.807, 2.05) is 10.7 Å². The number of nitrogens with one attached hydrogen (secondary N) is 1. The van der Waals surface area contributed by atoms with E-state index in [1.165, 1.54) is 12.8 Å². The molecule has 4 rings (SSSR count). The van der Waals surface area contributed by atoms with Crippen molar-refractivity contribution in [3.05, 3.63) is 17.5 Å². The summed E-state index contributed by atoms with van der Waals surface area (Å²) in [7, 11) is 1.21. The number of amides is 1. The van der Waals surface area contributed by atoms with Crippen molar-refractivity contribution >= 4 is 15.7 Å². The molecule has 1 saturated heterocycles. The maximum absolute atomic E-state index is 12.9. The minimum absolute atomic E-state index is 0.00356. The summed E-state index contributed by atoms with van der Waals surface area (Å²) < 4.78 is 25.7. The number of carbonyl (C=O) groups is 1. The minimum atomic E-state index is -2.99. The summed E-state index contributed by atoms with van der Waals surface area (Å²) >= 11 is 0. The molecule has 0 bridgehead atoms. The van der Waals surface area contributed by atoms with E-state index in [-0.39, 0.29) is 29.0 Å². The third kappa shape index (κ3) is 4.38. The molecule has 0 spiro atoms. The maximum atomic E-state index is 12.9. The van der Waals surface area contributed by atoms with Crippen LogP contribution in [0.15, 0.2) is 6.07 Å². The number of hydrogen-bond acceptors (Lipinski definition) is 5. The topological polar surface area (TPSA) is 84.3 Å². The number of likely N-dealkylation sites (N-methyl/N-ethyl adjacent to an activating group) is 1. The Hall–Kier alpha value is -1.41. The van der Waals surface area contributed by atoms with E-state index < -0.39 is 9.84 Å². The fraction of sp³-hybridized carbons (Fsp3) is 0.810. The Bertz CT molecular complexity index is 864. The molecule has 1 unspecified atom stereocenters. The van der Waals surface area contributed by atoms with Crippen LogP contribution in [0.5, 0.6) is 0 Å². The van der Waals surface area contributed by atoms with Crippen LogP contribution >= 0.6 is 0 Å². The van der Waals surface area contributed by atoms with Gasteiger partial charge in [-0.25, -0.2) is 8.42 Å². The van der Waals surface area contributed by atoms with E-state index >= 15 is 0 Å². The molecular formula is C21H34N4O3S. The Labute approximate surface area is 174 Å². The van der Waals surface area contributed by atoms with E-state index in [0.717, 1.165) is 37.3 Å². The van der Waals surface area contributed by atoms with Crippen molar-refractivity contribution in [2.45, 2.75) is 69.4 Å². The Morgan fingerprint density at radius 3 is 2.48 bits per heavy atom. The van der Waals surface area contributed by atoms with Gasteiger partial charge >= 0.3 is 0 Å². The van der Waals surface area contributed by atoms with E-state index in [2.05, 4.69) is 36.3 Å². The second-order valence-corrected chi connectivity index (χ2v) is 11.9. The van der Waals surface area contributed by atoms with Gasteiger partial charge < -0.3 is 10.2 Å². The molecule has 1 atom stereocenters. The molecule has 29 heavy (non-hydrogen) atoms. The predicted octanol–water partition coefficient (Wildman–Crippen LogP) is 2.36. The molecule has 0 aromatic carbocycles. The van der Waals surface area contributed by atoms with Gasteiger partial charge in [0.1, 0.15) is 5.69 Å². The molecule has 8 heteroatoms. The summed E-state index contributed by atoms with van der Waals surface area (Å²) in [5, 5.41) is 7.73. The lowest BCUT2D eigenvalue weighted by atomic mass is 9.76. The maximum Gasteiger partial charge on any atom is 0.271 e. The van der Waals surface area contributed by atoms with Crippen molar-refractivity contribution in [3.8, 4) is 0 Å². The third-order valence-electron chi connectivity index (χ3n) is 7.28. The molecule has 2 heterocycles. The van der Waals surface area contributed by atoms with Gasteiger partial charge in [-0.3, -0.25) is 9.48 Å². The molecule has 3 aliphatic rings. The summed E-state index contributed by atoms with van der Waals surface area (Å²) in [5.74, 6) is 1.37. The molecular weight excluding hydrogens is 388 g/mol. The van der Waals surface area contributed by atoms with Gasteiger partial charge in [0.25, 0.3) is 5.91 Å². The summed E-state index contributed by atoms with van der Waals surface area (Å²) in [6, 6.07) is 1.76. The lowest BCUT2D eigenvalue weighted by Gasteiger charge is -2.44. The summed E-state index contributed by atoms with van der Waals surface area (Å²) in [5.41, 5.74) is 1.46. The molecule has 162 valence electrons. The second-order valence-electron chi connectivity index (χ2n) is 9.71. The van der Waals surface area contributed by atoms with Crippen LogP contribution in [-0.2, 0) is 9.84 Å². The van der Waals surface area contributed by atoms with Crippen molar-refractivity contribution in [2.24, 2.45) is 5.92 Å². The van der Waals surface area contributed by atoms with Crippen LogP contribution < -0.4 is 5.32 Å². The van der Waals surface area contributed by atoms with Crippen LogP contribution in [0.3, 0.4) is 0 Å². The SMILES string of the molecule is CC1CCC(CNC(=O)c2cc(C3CC3)n(C3CCS(=O)(=O)C3)n2)(N(C)C)CC1. The predicted molar refractivity (Wildman–Crippen MR) is 113 cm³/mol. The highest BCUT2D eigenvalue weighted by Gasteiger charge is 2.38. The van der Waals surface area contributed by atoms with Crippen LogP contribution in [0.2, 0.25) is 0 Å². The molecule has 2 aliphatic carbocycles. The molecule has 7 nitrogen and oxygen atoms in total. The van der Waals surface area contributed by atoms with E-state index in [1.54, 1.807) is 0 Å². The fourth-order valence-corrected chi connectivity index (χ4v) is 6.57. The van der Waals surface area contributed by atoms with Crippen molar-refractivity contribution in [2.75, 3.05) is 32.1 Å². The molecule has 0 radical (unpaired) electrons. The second kappa shape index (κ2) is 7.69. The van der Waals surface area contributed by atoms with Crippen LogP contribution in [0.4, 0.5) is 0 Å². The van der Waals surface area contributed by atoms with E-state index in [4.69, 9.17) is 0 Å². The molecule has 1 aromatic heterocycles. The van der Waals surface area contributed by atoms with Crippen molar-refractivity contribution in [3.63, 3.8) is 0 Å². The van der Waals surface area contributed by atoms with Crippen molar-refractivity contribution in [1.29, 1.82) is 0 Å². The average molecular weight is 423 g/mol. The zero-order chi connectivity index (χ0) is 20.8. The Balaban J connectivity index is 1.48. The highest BCUT2D eigenvalue weighted by Crippen LogP contribution is 2.42. The van der Waals surface area contributed by atoms with Gasteiger partial charge in [-0.1, -0.05) is 6.92 Å². The van der Waals surface area contributed by atoms with Gasteiger partial charge in [-0.05, 0) is 71.0 Å². The smallest absolute Gasteiger partial charge is 0.271 e. The number of hydrogen-bond donors (Lipinski definition) is 1. The molecule has 1 aliphatic heterocycles. The van der Waals surface area contributed by atoms with Crippen LogP contribution in [-0.4, -0.2) is 66.7 Å².